The Kier molecular flexibility index (Phi) is 5.88. The minimum Gasteiger partial charge on any atom is -0.483 e. The normalized spacial score (nSPS) is 11.8. The Labute approximate surface area is 141 Å². The molecule has 0 radical (unpaired) electrons. The Morgan fingerprint density at radius 1 is 1.30 bits per heavy atom. The van der Waals surface area contributed by atoms with Gasteiger partial charge in [-0.2, -0.15) is 0 Å². The molecule has 0 saturated heterocycles. The van der Waals surface area contributed by atoms with Crippen molar-refractivity contribution in [1.82, 2.24) is 0 Å². The van der Waals surface area contributed by atoms with Gasteiger partial charge in [-0.25, -0.2) is 0 Å². The first-order chi connectivity index (χ1) is 11.0. The van der Waals surface area contributed by atoms with E-state index in [9.17, 15) is 4.79 Å². The summed E-state index contributed by atoms with van der Waals surface area (Å²) in [7, 11) is 0. The summed E-state index contributed by atoms with van der Waals surface area (Å²) in [6.07, 6.45) is 1.01. The number of carbonyl (C=O) groups is 1. The lowest BCUT2D eigenvalue weighted by Crippen LogP contribution is -2.20. The van der Waals surface area contributed by atoms with E-state index in [2.05, 4.69) is 19.2 Å². The van der Waals surface area contributed by atoms with Gasteiger partial charge in [0.2, 0.25) is 0 Å². The number of hydrogen-bond donors (Lipinski definition) is 2. The van der Waals surface area contributed by atoms with Crippen LogP contribution in [0.15, 0.2) is 42.5 Å². The van der Waals surface area contributed by atoms with E-state index in [0.717, 1.165) is 17.7 Å². The van der Waals surface area contributed by atoms with Crippen molar-refractivity contribution in [3.05, 3.63) is 53.1 Å². The maximum atomic E-state index is 12.0. The number of amides is 1. The molecule has 0 spiro atoms. The highest BCUT2D eigenvalue weighted by atomic mass is 35.5. The minimum absolute atomic E-state index is 0.0595. The minimum atomic E-state index is -0.245. The quantitative estimate of drug-likeness (QED) is 0.768. The maximum absolute atomic E-state index is 12.0. The summed E-state index contributed by atoms with van der Waals surface area (Å²) >= 11 is 5.86. The highest BCUT2D eigenvalue weighted by molar-refractivity contribution is 6.33. The smallest absolute Gasteiger partial charge is 0.262 e. The molecule has 4 nitrogen and oxygen atoms in total. The molecule has 1 atom stereocenters. The first-order valence-corrected chi connectivity index (χ1v) is 7.95. The molecule has 0 aliphatic carbocycles. The second-order valence-electron chi connectivity index (χ2n) is 5.42. The molecule has 122 valence electrons. The highest BCUT2D eigenvalue weighted by Crippen LogP contribution is 2.28. The third kappa shape index (κ3) is 4.63. The lowest BCUT2D eigenvalue weighted by atomic mass is 9.98. The number of carbonyl (C=O) groups excluding carboxylic acids is 1. The van der Waals surface area contributed by atoms with E-state index in [1.54, 1.807) is 18.2 Å². The monoisotopic (exact) mass is 332 g/mol. The molecule has 1 amide bonds. The van der Waals surface area contributed by atoms with Crippen molar-refractivity contribution in [3.8, 4) is 5.75 Å². The topological polar surface area (TPSA) is 64.3 Å². The van der Waals surface area contributed by atoms with E-state index in [4.69, 9.17) is 22.1 Å². The van der Waals surface area contributed by atoms with Crippen molar-refractivity contribution in [1.29, 1.82) is 0 Å². The molecule has 0 fully saturated rings. The second-order valence-corrected chi connectivity index (χ2v) is 5.83. The number of para-hydroxylation sites is 1. The van der Waals surface area contributed by atoms with Crippen LogP contribution in [0.4, 0.5) is 11.4 Å². The summed E-state index contributed by atoms with van der Waals surface area (Å²) in [4.78, 5) is 12.0. The van der Waals surface area contributed by atoms with Crippen LogP contribution < -0.4 is 15.8 Å². The number of benzene rings is 2. The van der Waals surface area contributed by atoms with Crippen molar-refractivity contribution in [2.75, 3.05) is 17.7 Å². The number of halogens is 1. The van der Waals surface area contributed by atoms with Crippen LogP contribution in [0.5, 0.6) is 5.75 Å². The lowest BCUT2D eigenvalue weighted by molar-refractivity contribution is -0.118. The average Bonchev–Trinajstić information content (AvgIpc) is 2.56. The molecular formula is C18H21ClN2O2. The number of nitrogen functional groups attached to an aromatic ring is 1. The molecule has 0 aliphatic heterocycles. The van der Waals surface area contributed by atoms with E-state index in [1.807, 2.05) is 24.3 Å². The van der Waals surface area contributed by atoms with Crippen molar-refractivity contribution in [3.63, 3.8) is 0 Å². The molecule has 2 aromatic rings. The summed E-state index contributed by atoms with van der Waals surface area (Å²) in [6.45, 7) is 4.20. The van der Waals surface area contributed by atoms with Crippen LogP contribution in [-0.4, -0.2) is 12.5 Å². The van der Waals surface area contributed by atoms with Gasteiger partial charge in [-0.1, -0.05) is 43.6 Å². The standard InChI is InChI=1S/C18H21ClN2O2/c1-3-12(2)14-6-4-5-7-17(14)23-11-18(22)21-13-8-9-15(19)16(20)10-13/h4-10,12H,3,11,20H2,1-2H3,(H,21,22). The van der Waals surface area contributed by atoms with Gasteiger partial charge in [0.15, 0.2) is 6.61 Å². The third-order valence-electron chi connectivity index (χ3n) is 3.70. The molecule has 0 aromatic heterocycles. The van der Waals surface area contributed by atoms with Crippen LogP contribution in [-0.2, 0) is 4.79 Å². The lowest BCUT2D eigenvalue weighted by Gasteiger charge is -2.15. The van der Waals surface area contributed by atoms with Crippen molar-refractivity contribution >= 4 is 28.9 Å². The number of hydrogen-bond acceptors (Lipinski definition) is 3. The van der Waals surface area contributed by atoms with E-state index < -0.39 is 0 Å². The summed E-state index contributed by atoms with van der Waals surface area (Å²) < 4.78 is 5.68. The van der Waals surface area contributed by atoms with Gasteiger partial charge in [-0.05, 0) is 42.2 Å². The molecule has 23 heavy (non-hydrogen) atoms. The Hall–Kier alpha value is -2.20. The molecule has 2 aromatic carbocycles. The fourth-order valence-electron chi connectivity index (χ4n) is 2.20. The average molecular weight is 333 g/mol. The van der Waals surface area contributed by atoms with E-state index in [0.29, 0.717) is 22.3 Å². The van der Waals surface area contributed by atoms with Crippen molar-refractivity contribution < 1.29 is 9.53 Å². The Morgan fingerprint density at radius 2 is 2.04 bits per heavy atom. The Bertz CT molecular complexity index is 688. The summed E-state index contributed by atoms with van der Waals surface area (Å²) in [5.41, 5.74) is 7.84. The van der Waals surface area contributed by atoms with Gasteiger partial charge in [-0.15, -0.1) is 0 Å². The number of ether oxygens (including phenoxy) is 1. The summed E-state index contributed by atoms with van der Waals surface area (Å²) in [5, 5.41) is 3.20. The van der Waals surface area contributed by atoms with Crippen LogP contribution in [0, 0.1) is 0 Å². The van der Waals surface area contributed by atoms with E-state index in [1.165, 1.54) is 0 Å². The third-order valence-corrected chi connectivity index (χ3v) is 4.05. The van der Waals surface area contributed by atoms with Gasteiger partial charge in [0.05, 0.1) is 10.7 Å². The molecule has 0 saturated carbocycles. The van der Waals surface area contributed by atoms with Gasteiger partial charge < -0.3 is 15.8 Å². The molecular weight excluding hydrogens is 312 g/mol. The summed E-state index contributed by atoms with van der Waals surface area (Å²) in [6, 6.07) is 12.8. The van der Waals surface area contributed by atoms with Gasteiger partial charge in [0.1, 0.15) is 5.75 Å². The molecule has 5 heteroatoms. The van der Waals surface area contributed by atoms with Crippen LogP contribution in [0.25, 0.3) is 0 Å². The highest BCUT2D eigenvalue weighted by Gasteiger charge is 2.11. The molecule has 0 aliphatic rings. The molecule has 3 N–H and O–H groups in total. The maximum Gasteiger partial charge on any atom is 0.262 e. The van der Waals surface area contributed by atoms with Crippen LogP contribution in [0.3, 0.4) is 0 Å². The predicted molar refractivity (Wildman–Crippen MR) is 95.1 cm³/mol. The fraction of sp³-hybridized carbons (Fsp3) is 0.278. The molecule has 0 heterocycles. The zero-order valence-corrected chi connectivity index (χ0v) is 14.1. The molecule has 0 bridgehead atoms. The van der Waals surface area contributed by atoms with Gasteiger partial charge in [0.25, 0.3) is 5.91 Å². The van der Waals surface area contributed by atoms with Crippen LogP contribution in [0.1, 0.15) is 31.7 Å². The zero-order valence-electron chi connectivity index (χ0n) is 13.3. The van der Waals surface area contributed by atoms with Crippen molar-refractivity contribution in [2.45, 2.75) is 26.2 Å². The van der Waals surface area contributed by atoms with Crippen LogP contribution >= 0.6 is 11.6 Å². The van der Waals surface area contributed by atoms with Gasteiger partial charge in [0, 0.05) is 5.69 Å². The largest absolute Gasteiger partial charge is 0.483 e. The first kappa shape index (κ1) is 17.2. The van der Waals surface area contributed by atoms with Crippen LogP contribution in [0.2, 0.25) is 5.02 Å². The second kappa shape index (κ2) is 7.88. The number of anilines is 2. The van der Waals surface area contributed by atoms with E-state index in [-0.39, 0.29) is 12.5 Å². The molecule has 1 unspecified atom stereocenters. The number of nitrogens with one attached hydrogen (secondary N) is 1. The SMILES string of the molecule is CCC(C)c1ccccc1OCC(=O)Nc1ccc(Cl)c(N)c1. The summed E-state index contributed by atoms with van der Waals surface area (Å²) in [5.74, 6) is 0.878. The van der Waals surface area contributed by atoms with Gasteiger partial charge >= 0.3 is 0 Å². The number of nitrogens with two attached hydrogens (primary N) is 1. The first-order valence-electron chi connectivity index (χ1n) is 7.57. The molecule has 2 rings (SSSR count). The van der Waals surface area contributed by atoms with Crippen molar-refractivity contribution in [2.24, 2.45) is 0 Å². The number of rotatable bonds is 6. The fourth-order valence-corrected chi connectivity index (χ4v) is 2.32. The van der Waals surface area contributed by atoms with Gasteiger partial charge in [-0.3, -0.25) is 4.79 Å². The Morgan fingerprint density at radius 3 is 2.74 bits per heavy atom. The predicted octanol–water partition coefficient (Wildman–Crippen LogP) is 4.45. The Balaban J connectivity index is 1.98. The van der Waals surface area contributed by atoms with E-state index >= 15 is 0 Å². The zero-order chi connectivity index (χ0) is 16.8.